The zero-order valence-corrected chi connectivity index (χ0v) is 20.6. The van der Waals surface area contributed by atoms with Gasteiger partial charge in [0.25, 0.3) is 0 Å². The maximum atomic E-state index is 13.1. The molecule has 3 bridgehead atoms. The molecule has 3 unspecified atom stereocenters. The third-order valence-corrected chi connectivity index (χ3v) is 9.00. The van der Waals surface area contributed by atoms with Crippen LogP contribution in [-0.2, 0) is 11.3 Å². The normalized spacial score (nSPS) is 30.5. The number of rotatable bonds is 6. The van der Waals surface area contributed by atoms with E-state index in [0.717, 1.165) is 48.3 Å². The minimum Gasteiger partial charge on any atom is -0.497 e. The van der Waals surface area contributed by atoms with E-state index in [-0.39, 0.29) is 17.9 Å². The Morgan fingerprint density at radius 1 is 0.941 bits per heavy atom. The number of fused-ring (bicyclic) bond motifs is 2. The smallest absolute Gasteiger partial charge is 0.317 e. The van der Waals surface area contributed by atoms with Crippen LogP contribution in [0.1, 0.15) is 56.9 Å². The zero-order valence-electron chi connectivity index (χ0n) is 20.6. The van der Waals surface area contributed by atoms with Gasteiger partial charge in [-0.15, -0.1) is 0 Å². The number of nitrogens with one attached hydrogen (secondary N) is 2. The fourth-order valence-electron chi connectivity index (χ4n) is 7.16. The minimum atomic E-state index is -0.0898. The fourth-order valence-corrected chi connectivity index (χ4v) is 7.16. The molecule has 0 spiro atoms. The largest absolute Gasteiger partial charge is 0.497 e. The molecule has 0 radical (unpaired) electrons. The average Bonchev–Trinajstić information content (AvgIpc) is 3.10. The summed E-state index contributed by atoms with van der Waals surface area (Å²) in [7, 11) is 3.23. The number of amides is 3. The number of benzene rings is 1. The Hall–Kier alpha value is -2.44. The van der Waals surface area contributed by atoms with Crippen LogP contribution in [0, 0.1) is 29.6 Å². The average molecular weight is 470 g/mol. The summed E-state index contributed by atoms with van der Waals surface area (Å²) in [6.07, 6.45) is 9.42. The predicted octanol–water partition coefficient (Wildman–Crippen LogP) is 3.96. The summed E-state index contributed by atoms with van der Waals surface area (Å²) in [5.41, 5.74) is 0.900. The third-order valence-electron chi connectivity index (χ3n) is 9.00. The standard InChI is InChI=1S/C27H39N3O4/c1-33-23-5-3-20(25(15-23)34-2)16-28-27(32)30-9-7-18(8-10-30)26(31)29-24-6-4-19-11-17-12-21(19)14-22(24)13-17/h3,5,15,17-19,21-22,24H,4,6-14,16H2,1-2H3,(H,28,32)(H,29,31)/t17?,19-,21+,22?,24?/m1/s1. The Kier molecular flexibility index (Phi) is 6.89. The Labute approximate surface area is 202 Å². The molecular weight excluding hydrogens is 430 g/mol. The van der Waals surface area contributed by atoms with Crippen LogP contribution in [0.25, 0.3) is 0 Å². The van der Waals surface area contributed by atoms with Crippen LogP contribution < -0.4 is 20.1 Å². The molecule has 1 aromatic carbocycles. The van der Waals surface area contributed by atoms with E-state index < -0.39 is 0 Å². The molecule has 3 amide bonds. The minimum absolute atomic E-state index is 0.0166. The highest BCUT2D eigenvalue weighted by atomic mass is 16.5. The molecule has 3 aliphatic carbocycles. The fraction of sp³-hybridized carbons (Fsp3) is 0.704. The van der Waals surface area contributed by atoms with Gasteiger partial charge in [0.05, 0.1) is 14.2 Å². The first kappa shape index (κ1) is 23.3. The van der Waals surface area contributed by atoms with E-state index in [1.165, 1.54) is 32.1 Å². The van der Waals surface area contributed by atoms with E-state index in [0.29, 0.717) is 37.3 Å². The second-order valence-corrected chi connectivity index (χ2v) is 10.9. The van der Waals surface area contributed by atoms with Gasteiger partial charge in [0.2, 0.25) is 5.91 Å². The molecule has 1 aliphatic heterocycles. The lowest BCUT2D eigenvalue weighted by Crippen LogP contribution is -2.49. The first-order valence-corrected chi connectivity index (χ1v) is 13.1. The molecule has 186 valence electrons. The molecule has 7 nitrogen and oxygen atoms in total. The van der Waals surface area contributed by atoms with Crippen molar-refractivity contribution in [3.8, 4) is 11.5 Å². The van der Waals surface area contributed by atoms with E-state index in [1.54, 1.807) is 14.2 Å². The first-order chi connectivity index (χ1) is 16.5. The molecule has 34 heavy (non-hydrogen) atoms. The Morgan fingerprint density at radius 2 is 1.71 bits per heavy atom. The van der Waals surface area contributed by atoms with Crippen LogP contribution in [0.5, 0.6) is 11.5 Å². The second-order valence-electron chi connectivity index (χ2n) is 10.9. The molecule has 4 fully saturated rings. The van der Waals surface area contributed by atoms with Crippen molar-refractivity contribution in [2.45, 2.75) is 64.0 Å². The molecule has 3 saturated carbocycles. The van der Waals surface area contributed by atoms with Gasteiger partial charge in [-0.2, -0.15) is 0 Å². The highest BCUT2D eigenvalue weighted by molar-refractivity contribution is 5.80. The topological polar surface area (TPSA) is 79.9 Å². The summed E-state index contributed by atoms with van der Waals surface area (Å²) >= 11 is 0. The highest BCUT2D eigenvalue weighted by Crippen LogP contribution is 2.53. The number of urea groups is 1. The highest BCUT2D eigenvalue weighted by Gasteiger charge is 2.46. The number of hydrogen-bond donors (Lipinski definition) is 2. The molecule has 4 aliphatic rings. The Balaban J connectivity index is 1.08. The van der Waals surface area contributed by atoms with Crippen LogP contribution in [0.2, 0.25) is 0 Å². The predicted molar refractivity (Wildman–Crippen MR) is 130 cm³/mol. The van der Waals surface area contributed by atoms with E-state index in [2.05, 4.69) is 10.6 Å². The summed E-state index contributed by atoms with van der Waals surface area (Å²) in [6, 6.07) is 5.85. The van der Waals surface area contributed by atoms with Gasteiger partial charge in [-0.3, -0.25) is 4.79 Å². The van der Waals surface area contributed by atoms with Crippen molar-refractivity contribution in [3.63, 3.8) is 0 Å². The Morgan fingerprint density at radius 3 is 2.47 bits per heavy atom. The molecule has 0 aromatic heterocycles. The van der Waals surface area contributed by atoms with Crippen LogP contribution in [0.15, 0.2) is 18.2 Å². The van der Waals surface area contributed by atoms with E-state index in [1.807, 2.05) is 23.1 Å². The lowest BCUT2D eigenvalue weighted by Gasteiger charge is -2.35. The molecule has 1 heterocycles. The van der Waals surface area contributed by atoms with Crippen LogP contribution in [-0.4, -0.2) is 50.2 Å². The number of carbonyl (C=O) groups excluding carboxylic acids is 2. The van der Waals surface area contributed by atoms with Crippen molar-refractivity contribution < 1.29 is 19.1 Å². The molecule has 7 heteroatoms. The van der Waals surface area contributed by atoms with Crippen molar-refractivity contribution in [2.24, 2.45) is 29.6 Å². The number of ether oxygens (including phenoxy) is 2. The summed E-state index contributed by atoms with van der Waals surface area (Å²) in [4.78, 5) is 27.6. The van der Waals surface area contributed by atoms with Gasteiger partial charge in [-0.1, -0.05) is 0 Å². The number of methoxy groups -OCH3 is 2. The maximum absolute atomic E-state index is 13.1. The van der Waals surface area contributed by atoms with Crippen LogP contribution in [0.3, 0.4) is 0 Å². The molecule has 1 aromatic rings. The number of likely N-dealkylation sites (tertiary alicyclic amines) is 1. The monoisotopic (exact) mass is 469 g/mol. The van der Waals surface area contributed by atoms with Gasteiger partial charge >= 0.3 is 6.03 Å². The summed E-state index contributed by atoms with van der Waals surface area (Å²) in [5.74, 6) is 5.07. The van der Waals surface area contributed by atoms with E-state index in [9.17, 15) is 9.59 Å². The number of carbonyl (C=O) groups is 2. The van der Waals surface area contributed by atoms with Gasteiger partial charge in [-0.05, 0) is 87.2 Å². The van der Waals surface area contributed by atoms with Gasteiger partial charge < -0.3 is 25.0 Å². The van der Waals surface area contributed by atoms with Gasteiger partial charge in [0, 0.05) is 43.2 Å². The van der Waals surface area contributed by atoms with Gasteiger partial charge in [0.1, 0.15) is 11.5 Å². The second kappa shape index (κ2) is 10.0. The van der Waals surface area contributed by atoms with Crippen molar-refractivity contribution in [3.05, 3.63) is 23.8 Å². The summed E-state index contributed by atoms with van der Waals surface area (Å²) in [6.45, 7) is 1.62. The van der Waals surface area contributed by atoms with Crippen molar-refractivity contribution in [1.29, 1.82) is 0 Å². The van der Waals surface area contributed by atoms with Crippen LogP contribution in [0.4, 0.5) is 4.79 Å². The summed E-state index contributed by atoms with van der Waals surface area (Å²) in [5, 5.41) is 6.45. The lowest BCUT2D eigenvalue weighted by atomic mass is 9.77. The van der Waals surface area contributed by atoms with E-state index >= 15 is 0 Å². The number of piperidine rings is 1. The maximum Gasteiger partial charge on any atom is 0.317 e. The van der Waals surface area contributed by atoms with Crippen molar-refractivity contribution in [1.82, 2.24) is 15.5 Å². The Bertz CT molecular complexity index is 898. The first-order valence-electron chi connectivity index (χ1n) is 13.1. The van der Waals surface area contributed by atoms with Crippen molar-refractivity contribution in [2.75, 3.05) is 27.3 Å². The zero-order chi connectivity index (χ0) is 23.7. The third kappa shape index (κ3) is 4.84. The molecule has 2 N–H and O–H groups in total. The number of nitrogens with zero attached hydrogens (tertiary/aromatic N) is 1. The van der Waals surface area contributed by atoms with Crippen LogP contribution >= 0.6 is 0 Å². The molecule has 5 atom stereocenters. The molecular formula is C27H39N3O4. The van der Waals surface area contributed by atoms with Gasteiger partial charge in [0.15, 0.2) is 0 Å². The van der Waals surface area contributed by atoms with Gasteiger partial charge in [-0.25, -0.2) is 4.79 Å². The molecule has 1 saturated heterocycles. The summed E-state index contributed by atoms with van der Waals surface area (Å²) < 4.78 is 10.7. The quantitative estimate of drug-likeness (QED) is 0.661. The lowest BCUT2D eigenvalue weighted by molar-refractivity contribution is -0.127. The SMILES string of the molecule is COc1ccc(CNC(=O)N2CCC(C(=O)NC3CC[C@@H]4CC5CC3C[C@@H]4C5)CC2)c(OC)c1. The van der Waals surface area contributed by atoms with E-state index in [4.69, 9.17) is 9.47 Å². The molecule has 5 rings (SSSR count). The number of hydrogen-bond acceptors (Lipinski definition) is 4. The van der Waals surface area contributed by atoms with Crippen molar-refractivity contribution >= 4 is 11.9 Å².